The lowest BCUT2D eigenvalue weighted by Crippen LogP contribution is -2.47. The molecule has 0 atom stereocenters. The zero-order valence-electron chi connectivity index (χ0n) is 15.5. The fourth-order valence-corrected chi connectivity index (χ4v) is 3.72. The maximum atomic E-state index is 9.25. The Labute approximate surface area is 159 Å². The molecule has 1 aliphatic rings. The van der Waals surface area contributed by atoms with Gasteiger partial charge in [-0.3, -0.25) is 9.80 Å². The molecule has 0 bridgehead atoms. The number of aliphatic hydroxyl groups is 1. The molecule has 1 saturated heterocycles. The average Bonchev–Trinajstić information content (AvgIpc) is 3.29. The fraction of sp³-hybridized carbons (Fsp3) is 0.450. The normalized spacial score (nSPS) is 16.4. The molecule has 4 rings (SSSR count). The molecule has 1 aliphatic heterocycles. The molecule has 7 nitrogen and oxygen atoms in total. The van der Waals surface area contributed by atoms with Gasteiger partial charge in [-0.05, 0) is 24.3 Å². The third-order valence-corrected chi connectivity index (χ3v) is 5.20. The summed E-state index contributed by atoms with van der Waals surface area (Å²) in [5.74, 6) is 2.47. The molecule has 0 spiro atoms. The van der Waals surface area contributed by atoms with Gasteiger partial charge in [-0.2, -0.15) is 0 Å². The van der Waals surface area contributed by atoms with Crippen LogP contribution in [0.4, 0.5) is 0 Å². The summed E-state index contributed by atoms with van der Waals surface area (Å²) >= 11 is 0. The lowest BCUT2D eigenvalue weighted by atomic mass is 10.3. The Bertz CT molecular complexity index is 880. The molecule has 0 radical (unpaired) electrons. The Balaban J connectivity index is 1.55. The van der Waals surface area contributed by atoms with Crippen LogP contribution in [0.5, 0.6) is 0 Å². The molecule has 0 saturated carbocycles. The van der Waals surface area contributed by atoms with E-state index in [9.17, 15) is 5.11 Å². The summed E-state index contributed by atoms with van der Waals surface area (Å²) in [4.78, 5) is 9.75. The fourth-order valence-electron chi connectivity index (χ4n) is 3.72. The number of imidazole rings is 1. The molecule has 2 aromatic heterocycles. The van der Waals surface area contributed by atoms with Crippen molar-refractivity contribution in [2.75, 3.05) is 39.3 Å². The molecule has 3 N–H and O–H groups in total. The number of rotatable bonds is 7. The molecule has 144 valence electrons. The van der Waals surface area contributed by atoms with Gasteiger partial charge in [-0.15, -0.1) is 0 Å². The summed E-state index contributed by atoms with van der Waals surface area (Å²) in [6.07, 6.45) is 0. The van der Waals surface area contributed by atoms with Crippen LogP contribution >= 0.6 is 0 Å². The van der Waals surface area contributed by atoms with Crippen LogP contribution in [0.1, 0.15) is 17.3 Å². The molecular weight excluding hydrogens is 342 g/mol. The van der Waals surface area contributed by atoms with E-state index in [4.69, 9.17) is 15.1 Å². The van der Waals surface area contributed by atoms with E-state index in [1.54, 1.807) is 0 Å². The summed E-state index contributed by atoms with van der Waals surface area (Å²) in [5, 5.41) is 9.25. The first-order chi connectivity index (χ1) is 13.3. The van der Waals surface area contributed by atoms with Crippen molar-refractivity contribution in [3.8, 4) is 0 Å². The van der Waals surface area contributed by atoms with Crippen LogP contribution in [-0.4, -0.2) is 63.7 Å². The Morgan fingerprint density at radius 3 is 2.44 bits per heavy atom. The van der Waals surface area contributed by atoms with Crippen molar-refractivity contribution in [3.05, 3.63) is 53.7 Å². The van der Waals surface area contributed by atoms with Crippen molar-refractivity contribution < 1.29 is 9.52 Å². The first kappa shape index (κ1) is 18.2. The van der Waals surface area contributed by atoms with E-state index in [-0.39, 0.29) is 6.61 Å². The number of piperazine rings is 1. The second-order valence-corrected chi connectivity index (χ2v) is 7.04. The number of para-hydroxylation sites is 2. The molecule has 0 aliphatic carbocycles. The van der Waals surface area contributed by atoms with Gasteiger partial charge in [-0.1, -0.05) is 12.1 Å². The van der Waals surface area contributed by atoms with Crippen LogP contribution in [0.2, 0.25) is 0 Å². The Morgan fingerprint density at radius 2 is 1.70 bits per heavy atom. The number of aromatic nitrogens is 2. The third-order valence-electron chi connectivity index (χ3n) is 5.20. The number of fused-ring (bicyclic) bond motifs is 1. The van der Waals surface area contributed by atoms with Crippen molar-refractivity contribution >= 4 is 11.0 Å². The zero-order chi connectivity index (χ0) is 18.6. The highest BCUT2D eigenvalue weighted by molar-refractivity contribution is 5.76. The molecular formula is C20H27N5O2. The number of nitrogens with two attached hydrogens (primary N) is 1. The van der Waals surface area contributed by atoms with Crippen molar-refractivity contribution in [1.29, 1.82) is 0 Å². The Hall–Kier alpha value is -2.19. The van der Waals surface area contributed by atoms with Gasteiger partial charge in [0.05, 0.1) is 24.1 Å². The van der Waals surface area contributed by atoms with E-state index < -0.39 is 0 Å². The Kier molecular flexibility index (Phi) is 5.54. The van der Waals surface area contributed by atoms with E-state index >= 15 is 0 Å². The van der Waals surface area contributed by atoms with Crippen molar-refractivity contribution in [2.45, 2.75) is 19.7 Å². The van der Waals surface area contributed by atoms with Crippen molar-refractivity contribution in [1.82, 2.24) is 19.4 Å². The highest BCUT2D eigenvalue weighted by Gasteiger charge is 2.20. The molecule has 7 heteroatoms. The highest BCUT2D eigenvalue weighted by atomic mass is 16.4. The zero-order valence-corrected chi connectivity index (χ0v) is 15.5. The number of hydrogen-bond acceptors (Lipinski definition) is 6. The number of aliphatic hydroxyl groups excluding tert-OH is 1. The highest BCUT2D eigenvalue weighted by Crippen LogP contribution is 2.20. The largest absolute Gasteiger partial charge is 0.462 e. The van der Waals surface area contributed by atoms with Crippen LogP contribution in [0, 0.1) is 0 Å². The van der Waals surface area contributed by atoms with Crippen LogP contribution in [0.3, 0.4) is 0 Å². The van der Waals surface area contributed by atoms with E-state index in [1.165, 1.54) is 0 Å². The van der Waals surface area contributed by atoms with Crippen LogP contribution in [-0.2, 0) is 19.7 Å². The number of benzene rings is 1. The first-order valence-electron chi connectivity index (χ1n) is 9.54. The molecule has 0 unspecified atom stereocenters. The van der Waals surface area contributed by atoms with E-state index in [0.717, 1.165) is 68.4 Å². The number of nitrogens with zero attached hydrogens (tertiary/aromatic N) is 4. The SMILES string of the molecule is NCCN1CCN(Cc2nc3ccccc3n2Cc2ccc(CO)o2)CC1. The van der Waals surface area contributed by atoms with Crippen molar-refractivity contribution in [2.24, 2.45) is 5.73 Å². The van der Waals surface area contributed by atoms with Gasteiger partial charge in [0.2, 0.25) is 0 Å². The van der Waals surface area contributed by atoms with Gasteiger partial charge in [0, 0.05) is 39.3 Å². The summed E-state index contributed by atoms with van der Waals surface area (Å²) in [6, 6.07) is 12.0. The van der Waals surface area contributed by atoms with E-state index in [1.807, 2.05) is 24.3 Å². The quantitative estimate of drug-likeness (QED) is 0.652. The maximum absolute atomic E-state index is 9.25. The Morgan fingerprint density at radius 1 is 0.963 bits per heavy atom. The van der Waals surface area contributed by atoms with Gasteiger partial charge < -0.3 is 19.8 Å². The molecule has 27 heavy (non-hydrogen) atoms. The lowest BCUT2D eigenvalue weighted by Gasteiger charge is -2.34. The topological polar surface area (TPSA) is 83.7 Å². The minimum Gasteiger partial charge on any atom is -0.462 e. The molecule has 0 amide bonds. The van der Waals surface area contributed by atoms with Gasteiger partial charge in [0.1, 0.15) is 24.0 Å². The predicted octanol–water partition coefficient (Wildman–Crippen LogP) is 1.25. The summed E-state index contributed by atoms with van der Waals surface area (Å²) in [5.41, 5.74) is 7.78. The van der Waals surface area contributed by atoms with E-state index in [0.29, 0.717) is 12.3 Å². The third kappa shape index (κ3) is 4.06. The molecule has 3 heterocycles. The van der Waals surface area contributed by atoms with Gasteiger partial charge in [0.25, 0.3) is 0 Å². The van der Waals surface area contributed by atoms with Crippen molar-refractivity contribution in [3.63, 3.8) is 0 Å². The smallest absolute Gasteiger partial charge is 0.129 e. The van der Waals surface area contributed by atoms with Crippen LogP contribution < -0.4 is 5.73 Å². The second-order valence-electron chi connectivity index (χ2n) is 7.04. The van der Waals surface area contributed by atoms with Crippen LogP contribution in [0.25, 0.3) is 11.0 Å². The molecule has 1 fully saturated rings. The minimum absolute atomic E-state index is 0.0788. The second kappa shape index (κ2) is 8.22. The number of furan rings is 1. The summed E-state index contributed by atoms with van der Waals surface area (Å²) in [6.45, 7) is 7.20. The lowest BCUT2D eigenvalue weighted by molar-refractivity contribution is 0.126. The minimum atomic E-state index is -0.0788. The van der Waals surface area contributed by atoms with Gasteiger partial charge in [-0.25, -0.2) is 4.98 Å². The maximum Gasteiger partial charge on any atom is 0.129 e. The number of hydrogen-bond donors (Lipinski definition) is 2. The van der Waals surface area contributed by atoms with E-state index in [2.05, 4.69) is 26.5 Å². The summed E-state index contributed by atoms with van der Waals surface area (Å²) in [7, 11) is 0. The monoisotopic (exact) mass is 369 g/mol. The summed E-state index contributed by atoms with van der Waals surface area (Å²) < 4.78 is 7.93. The molecule has 3 aromatic rings. The van der Waals surface area contributed by atoms with Gasteiger partial charge in [0.15, 0.2) is 0 Å². The predicted molar refractivity (Wildman–Crippen MR) is 104 cm³/mol. The van der Waals surface area contributed by atoms with Gasteiger partial charge >= 0.3 is 0 Å². The molecule has 1 aromatic carbocycles. The van der Waals surface area contributed by atoms with Crippen LogP contribution in [0.15, 0.2) is 40.8 Å². The first-order valence-corrected chi connectivity index (χ1v) is 9.54. The standard InChI is InChI=1S/C20H27N5O2/c21-7-8-23-9-11-24(12-10-23)14-20-22-18-3-1-2-4-19(18)25(20)13-16-5-6-17(15-26)27-16/h1-6,26H,7-15,21H2. The average molecular weight is 369 g/mol.